The van der Waals surface area contributed by atoms with Crippen molar-refractivity contribution in [3.63, 3.8) is 0 Å². The maximum atomic E-state index is 13.1. The van der Waals surface area contributed by atoms with Gasteiger partial charge in [-0.2, -0.15) is 0 Å². The van der Waals surface area contributed by atoms with Gasteiger partial charge in [0, 0.05) is 22.7 Å². The predicted octanol–water partition coefficient (Wildman–Crippen LogP) is 4.81. The van der Waals surface area contributed by atoms with E-state index in [0.29, 0.717) is 40.0 Å². The summed E-state index contributed by atoms with van der Waals surface area (Å²) in [5.74, 6) is 1.33. The van der Waals surface area contributed by atoms with Crippen molar-refractivity contribution >= 4 is 23.4 Å². The fourth-order valence-corrected chi connectivity index (χ4v) is 4.26. The Kier molecular flexibility index (Phi) is 5.35. The van der Waals surface area contributed by atoms with Gasteiger partial charge < -0.3 is 24.5 Å². The Labute approximate surface area is 180 Å². The number of carbonyl (C=O) groups excluding carboxylic acids is 1. The number of fused-ring (bicyclic) bond motifs is 3. The minimum atomic E-state index is -0.421. The molecule has 0 fully saturated rings. The molecule has 3 aromatic rings. The molecule has 0 atom stereocenters. The maximum Gasteiger partial charge on any atom is 0.341 e. The number of nitrogens with two attached hydrogens (primary N) is 1. The van der Waals surface area contributed by atoms with E-state index in [2.05, 4.69) is 0 Å². The summed E-state index contributed by atoms with van der Waals surface area (Å²) in [5.41, 5.74) is 11.1. The van der Waals surface area contributed by atoms with Crippen molar-refractivity contribution < 1.29 is 19.0 Å². The van der Waals surface area contributed by atoms with Gasteiger partial charge in [0.05, 0.1) is 32.1 Å². The summed E-state index contributed by atoms with van der Waals surface area (Å²) in [5, 5.41) is 0.567. The zero-order chi connectivity index (χ0) is 21.4. The smallest absolute Gasteiger partial charge is 0.341 e. The van der Waals surface area contributed by atoms with Crippen LogP contribution in [-0.2, 0) is 17.7 Å². The highest BCUT2D eigenvalue weighted by atomic mass is 35.5. The quantitative estimate of drug-likeness (QED) is 0.592. The van der Waals surface area contributed by atoms with Crippen LogP contribution in [0.3, 0.4) is 0 Å². The van der Waals surface area contributed by atoms with Gasteiger partial charge in [0.2, 0.25) is 0 Å². The zero-order valence-corrected chi connectivity index (χ0v) is 17.9. The average Bonchev–Trinajstić information content (AvgIpc) is 3.05. The van der Waals surface area contributed by atoms with E-state index in [0.717, 1.165) is 28.8 Å². The molecule has 6 nitrogen and oxygen atoms in total. The Morgan fingerprint density at radius 1 is 1.17 bits per heavy atom. The minimum absolute atomic E-state index is 0.261. The van der Waals surface area contributed by atoms with Gasteiger partial charge in [-0.05, 0) is 48.7 Å². The van der Waals surface area contributed by atoms with Crippen LogP contribution in [0.15, 0.2) is 36.4 Å². The van der Waals surface area contributed by atoms with Crippen LogP contribution in [0, 0.1) is 0 Å². The molecule has 0 amide bonds. The first-order valence-corrected chi connectivity index (χ1v) is 10.1. The van der Waals surface area contributed by atoms with E-state index in [1.807, 2.05) is 28.8 Å². The van der Waals surface area contributed by atoms with Crippen LogP contribution >= 0.6 is 11.6 Å². The third-order valence-electron chi connectivity index (χ3n) is 5.37. The second kappa shape index (κ2) is 7.95. The van der Waals surface area contributed by atoms with Crippen LogP contribution in [0.25, 0.3) is 22.4 Å². The SMILES string of the molecule is CCOC(=O)c1c(-c2cccc(Cl)c2)c(N)n2c1-c1cc(OC)c(OC)cc1CC2. The number of hydrogen-bond acceptors (Lipinski definition) is 5. The number of nitrogens with zero attached hydrogens (tertiary/aromatic N) is 1. The average molecular weight is 427 g/mol. The number of esters is 1. The molecule has 156 valence electrons. The summed E-state index contributed by atoms with van der Waals surface area (Å²) in [6, 6.07) is 11.2. The van der Waals surface area contributed by atoms with Crippen molar-refractivity contribution in [1.82, 2.24) is 4.57 Å². The predicted molar refractivity (Wildman–Crippen MR) is 117 cm³/mol. The van der Waals surface area contributed by atoms with Gasteiger partial charge in [-0.3, -0.25) is 0 Å². The molecule has 0 aliphatic carbocycles. The lowest BCUT2D eigenvalue weighted by molar-refractivity contribution is 0.0528. The minimum Gasteiger partial charge on any atom is -0.493 e. The van der Waals surface area contributed by atoms with Crippen molar-refractivity contribution in [3.8, 4) is 33.9 Å². The summed E-state index contributed by atoms with van der Waals surface area (Å²) < 4.78 is 18.3. The second-order valence-electron chi connectivity index (χ2n) is 6.98. The van der Waals surface area contributed by atoms with E-state index in [-0.39, 0.29) is 6.61 Å². The summed E-state index contributed by atoms with van der Waals surface area (Å²) in [7, 11) is 3.19. The van der Waals surface area contributed by atoms with E-state index >= 15 is 0 Å². The van der Waals surface area contributed by atoms with Crippen molar-refractivity contribution in [2.75, 3.05) is 26.6 Å². The molecule has 0 saturated heterocycles. The number of hydrogen-bond donors (Lipinski definition) is 1. The molecule has 2 aromatic carbocycles. The number of aryl methyl sites for hydroxylation is 1. The molecular formula is C23H23ClN2O4. The first-order chi connectivity index (χ1) is 14.5. The highest BCUT2D eigenvalue weighted by Crippen LogP contribution is 2.46. The first kappa shape index (κ1) is 20.2. The van der Waals surface area contributed by atoms with Crippen LogP contribution < -0.4 is 15.2 Å². The lowest BCUT2D eigenvalue weighted by Gasteiger charge is -2.23. The van der Waals surface area contributed by atoms with Crippen LogP contribution in [0.1, 0.15) is 22.8 Å². The number of carbonyl (C=O) groups is 1. The monoisotopic (exact) mass is 426 g/mol. The van der Waals surface area contributed by atoms with Gasteiger partial charge in [0.1, 0.15) is 5.82 Å². The summed E-state index contributed by atoms with van der Waals surface area (Å²) in [4.78, 5) is 13.1. The topological polar surface area (TPSA) is 75.7 Å². The van der Waals surface area contributed by atoms with Crippen molar-refractivity contribution in [1.29, 1.82) is 0 Å². The summed E-state index contributed by atoms with van der Waals surface area (Å²) >= 11 is 6.23. The van der Waals surface area contributed by atoms with Crippen LogP contribution in [0.5, 0.6) is 11.5 Å². The third-order valence-corrected chi connectivity index (χ3v) is 5.60. The molecule has 0 unspecified atom stereocenters. The van der Waals surface area contributed by atoms with Gasteiger partial charge in [0.25, 0.3) is 0 Å². The van der Waals surface area contributed by atoms with E-state index < -0.39 is 5.97 Å². The van der Waals surface area contributed by atoms with E-state index in [1.54, 1.807) is 33.3 Å². The van der Waals surface area contributed by atoms with Crippen molar-refractivity contribution in [2.45, 2.75) is 19.9 Å². The Hall–Kier alpha value is -3.12. The van der Waals surface area contributed by atoms with Crippen LogP contribution in [0.4, 0.5) is 5.82 Å². The number of rotatable bonds is 5. The number of anilines is 1. The Morgan fingerprint density at radius 3 is 2.57 bits per heavy atom. The lowest BCUT2D eigenvalue weighted by Crippen LogP contribution is -2.15. The van der Waals surface area contributed by atoms with Gasteiger partial charge >= 0.3 is 5.97 Å². The molecule has 0 radical (unpaired) electrons. The lowest BCUT2D eigenvalue weighted by atomic mass is 9.93. The Morgan fingerprint density at radius 2 is 1.90 bits per heavy atom. The number of halogens is 1. The van der Waals surface area contributed by atoms with Crippen LogP contribution in [0.2, 0.25) is 5.02 Å². The Balaban J connectivity index is 2.05. The van der Waals surface area contributed by atoms with Gasteiger partial charge in [-0.1, -0.05) is 23.7 Å². The van der Waals surface area contributed by atoms with Crippen LogP contribution in [-0.4, -0.2) is 31.4 Å². The highest BCUT2D eigenvalue weighted by molar-refractivity contribution is 6.31. The Bertz CT molecular complexity index is 1140. The van der Waals surface area contributed by atoms with Crippen molar-refractivity contribution in [3.05, 3.63) is 52.5 Å². The fraction of sp³-hybridized carbons (Fsp3) is 0.261. The summed E-state index contributed by atoms with van der Waals surface area (Å²) in [6.07, 6.45) is 0.749. The molecule has 1 aromatic heterocycles. The molecule has 1 aliphatic heterocycles. The van der Waals surface area contributed by atoms with E-state index in [9.17, 15) is 4.79 Å². The zero-order valence-electron chi connectivity index (χ0n) is 17.1. The largest absolute Gasteiger partial charge is 0.493 e. The standard InChI is InChI=1S/C23H23ClN2O4/c1-4-30-23(27)20-19(14-6-5-7-15(24)10-14)22(25)26-9-8-13-11-17(28-2)18(29-3)12-16(13)21(20)26/h5-7,10-12H,4,8-9,25H2,1-3H3. The molecule has 4 rings (SSSR count). The molecular weight excluding hydrogens is 404 g/mol. The van der Waals surface area contributed by atoms with Crippen molar-refractivity contribution in [2.24, 2.45) is 0 Å². The fourth-order valence-electron chi connectivity index (χ4n) is 4.07. The number of nitrogen functional groups attached to an aromatic ring is 1. The molecule has 7 heteroatoms. The van der Waals surface area contributed by atoms with Gasteiger partial charge in [-0.15, -0.1) is 0 Å². The van der Waals surface area contributed by atoms with E-state index in [4.69, 9.17) is 31.5 Å². The molecule has 0 bridgehead atoms. The molecule has 2 heterocycles. The molecule has 2 N–H and O–H groups in total. The van der Waals surface area contributed by atoms with E-state index in [1.165, 1.54) is 0 Å². The first-order valence-electron chi connectivity index (χ1n) is 9.70. The molecule has 1 aliphatic rings. The maximum absolute atomic E-state index is 13.1. The second-order valence-corrected chi connectivity index (χ2v) is 7.42. The number of ether oxygens (including phenoxy) is 3. The summed E-state index contributed by atoms with van der Waals surface area (Å²) in [6.45, 7) is 2.68. The normalized spacial score (nSPS) is 12.1. The third kappa shape index (κ3) is 3.17. The molecule has 0 saturated carbocycles. The number of aromatic nitrogens is 1. The number of methoxy groups -OCH3 is 2. The highest BCUT2D eigenvalue weighted by Gasteiger charge is 2.32. The van der Waals surface area contributed by atoms with Gasteiger partial charge in [0.15, 0.2) is 11.5 Å². The van der Waals surface area contributed by atoms with Gasteiger partial charge in [-0.25, -0.2) is 4.79 Å². The molecule has 30 heavy (non-hydrogen) atoms. The number of benzene rings is 2. The molecule has 0 spiro atoms.